The van der Waals surface area contributed by atoms with E-state index in [0.29, 0.717) is 5.56 Å². The first-order valence-corrected chi connectivity index (χ1v) is 3.82. The fraction of sp³-hybridized carbons (Fsp3) is 0.300. The molecule has 0 aliphatic rings. The number of carbonyl (C=O) groups is 1. The minimum absolute atomic E-state index is 0.339. The summed E-state index contributed by atoms with van der Waals surface area (Å²) >= 11 is 0. The third-order valence-electron chi connectivity index (χ3n) is 1.30. The van der Waals surface area contributed by atoms with Crippen LogP contribution in [0.2, 0.25) is 0 Å². The van der Waals surface area contributed by atoms with Crippen molar-refractivity contribution in [2.45, 2.75) is 6.92 Å². The first-order valence-electron chi connectivity index (χ1n) is 3.82. The fourth-order valence-electron chi connectivity index (χ4n) is 0.696. The maximum Gasteiger partial charge on any atom is 0.335 e. The SMILES string of the molecule is COC.Cc1ccc(C(=O)O)cc1. The van der Waals surface area contributed by atoms with Crippen LogP contribution < -0.4 is 0 Å². The van der Waals surface area contributed by atoms with Crippen LogP contribution in [0.3, 0.4) is 0 Å². The number of carboxylic acids is 1. The van der Waals surface area contributed by atoms with Crippen LogP contribution in [0.4, 0.5) is 0 Å². The summed E-state index contributed by atoms with van der Waals surface area (Å²) < 4.78 is 4.25. The summed E-state index contributed by atoms with van der Waals surface area (Å²) in [6.07, 6.45) is 0. The Balaban J connectivity index is 0.000000424. The molecular formula is C10H14O3. The summed E-state index contributed by atoms with van der Waals surface area (Å²) in [5.41, 5.74) is 1.41. The van der Waals surface area contributed by atoms with Crippen molar-refractivity contribution < 1.29 is 14.6 Å². The summed E-state index contributed by atoms with van der Waals surface area (Å²) in [6, 6.07) is 6.75. The predicted octanol–water partition coefficient (Wildman–Crippen LogP) is 1.96. The lowest BCUT2D eigenvalue weighted by Gasteiger charge is -1.92. The molecule has 3 nitrogen and oxygen atoms in total. The highest BCUT2D eigenvalue weighted by molar-refractivity contribution is 5.87. The number of aryl methyl sites for hydroxylation is 1. The first kappa shape index (κ1) is 11.6. The second-order valence-corrected chi connectivity index (χ2v) is 2.58. The fourth-order valence-corrected chi connectivity index (χ4v) is 0.696. The number of methoxy groups -OCH3 is 1. The van der Waals surface area contributed by atoms with E-state index < -0.39 is 5.97 Å². The molecule has 0 heterocycles. The van der Waals surface area contributed by atoms with Gasteiger partial charge in [-0.25, -0.2) is 4.79 Å². The number of hydrogen-bond donors (Lipinski definition) is 1. The zero-order valence-corrected chi connectivity index (χ0v) is 8.07. The summed E-state index contributed by atoms with van der Waals surface area (Å²) in [5.74, 6) is -0.875. The van der Waals surface area contributed by atoms with Gasteiger partial charge in [0.15, 0.2) is 0 Å². The van der Waals surface area contributed by atoms with Crippen LogP contribution in [0.5, 0.6) is 0 Å². The number of benzene rings is 1. The largest absolute Gasteiger partial charge is 0.478 e. The van der Waals surface area contributed by atoms with Gasteiger partial charge in [-0.15, -0.1) is 0 Å². The average Bonchev–Trinajstić information content (AvgIpc) is 2.06. The lowest BCUT2D eigenvalue weighted by atomic mass is 10.2. The Morgan fingerprint density at radius 3 is 1.92 bits per heavy atom. The Morgan fingerprint density at radius 2 is 1.62 bits per heavy atom. The number of hydrogen-bond acceptors (Lipinski definition) is 2. The van der Waals surface area contributed by atoms with Gasteiger partial charge in [-0.3, -0.25) is 0 Å². The van der Waals surface area contributed by atoms with Gasteiger partial charge in [-0.2, -0.15) is 0 Å². The molecule has 1 aromatic rings. The van der Waals surface area contributed by atoms with Crippen LogP contribution in [0, 0.1) is 6.92 Å². The van der Waals surface area contributed by atoms with Gasteiger partial charge in [-0.05, 0) is 19.1 Å². The minimum Gasteiger partial charge on any atom is -0.478 e. The van der Waals surface area contributed by atoms with E-state index in [9.17, 15) is 4.79 Å². The zero-order chi connectivity index (χ0) is 10.3. The number of carboxylic acid groups (broad SMARTS) is 1. The lowest BCUT2D eigenvalue weighted by molar-refractivity contribution is 0.0697. The molecule has 0 bridgehead atoms. The molecule has 0 atom stereocenters. The van der Waals surface area contributed by atoms with E-state index >= 15 is 0 Å². The molecular weight excluding hydrogens is 168 g/mol. The van der Waals surface area contributed by atoms with E-state index in [4.69, 9.17) is 5.11 Å². The van der Waals surface area contributed by atoms with Crippen molar-refractivity contribution in [3.63, 3.8) is 0 Å². The summed E-state index contributed by atoms with van der Waals surface area (Å²) in [6.45, 7) is 1.92. The Bertz CT molecular complexity index is 251. The highest BCUT2D eigenvalue weighted by Crippen LogP contribution is 2.01. The molecule has 0 saturated carbocycles. The third kappa shape index (κ3) is 4.98. The van der Waals surface area contributed by atoms with Crippen molar-refractivity contribution in [2.24, 2.45) is 0 Å². The van der Waals surface area contributed by atoms with E-state index in [2.05, 4.69) is 4.74 Å². The average molecular weight is 182 g/mol. The first-order chi connectivity index (χ1) is 6.11. The van der Waals surface area contributed by atoms with E-state index in [1.807, 2.05) is 6.92 Å². The second kappa shape index (κ2) is 6.20. The molecule has 0 saturated heterocycles. The summed E-state index contributed by atoms with van der Waals surface area (Å²) in [4.78, 5) is 10.3. The monoisotopic (exact) mass is 182 g/mol. The molecule has 1 N–H and O–H groups in total. The molecule has 0 aliphatic carbocycles. The Kier molecular flexibility index (Phi) is 5.55. The van der Waals surface area contributed by atoms with Crippen LogP contribution in [0.25, 0.3) is 0 Å². The molecule has 1 aromatic carbocycles. The predicted molar refractivity (Wildman–Crippen MR) is 51.1 cm³/mol. The number of aromatic carboxylic acids is 1. The highest BCUT2D eigenvalue weighted by atomic mass is 16.4. The molecule has 0 amide bonds. The maximum absolute atomic E-state index is 10.3. The van der Waals surface area contributed by atoms with Gasteiger partial charge in [0.25, 0.3) is 0 Å². The third-order valence-corrected chi connectivity index (χ3v) is 1.30. The van der Waals surface area contributed by atoms with Gasteiger partial charge in [-0.1, -0.05) is 17.7 Å². The molecule has 1 rings (SSSR count). The van der Waals surface area contributed by atoms with Gasteiger partial charge >= 0.3 is 5.97 Å². The molecule has 0 aliphatic heterocycles. The Morgan fingerprint density at radius 1 is 1.23 bits per heavy atom. The van der Waals surface area contributed by atoms with Crippen molar-refractivity contribution >= 4 is 5.97 Å². The zero-order valence-electron chi connectivity index (χ0n) is 8.07. The van der Waals surface area contributed by atoms with Gasteiger partial charge in [0.05, 0.1) is 5.56 Å². The number of rotatable bonds is 1. The molecule has 0 spiro atoms. The molecule has 0 radical (unpaired) electrons. The molecule has 13 heavy (non-hydrogen) atoms. The van der Waals surface area contributed by atoms with E-state index in [1.54, 1.807) is 38.5 Å². The van der Waals surface area contributed by atoms with Crippen molar-refractivity contribution in [1.82, 2.24) is 0 Å². The van der Waals surface area contributed by atoms with Crippen LogP contribution in [-0.4, -0.2) is 25.3 Å². The van der Waals surface area contributed by atoms with Gasteiger partial charge in [0.2, 0.25) is 0 Å². The van der Waals surface area contributed by atoms with Crippen LogP contribution >= 0.6 is 0 Å². The molecule has 0 fully saturated rings. The highest BCUT2D eigenvalue weighted by Gasteiger charge is 1.98. The van der Waals surface area contributed by atoms with Gasteiger partial charge in [0, 0.05) is 14.2 Å². The van der Waals surface area contributed by atoms with Crippen LogP contribution in [0.1, 0.15) is 15.9 Å². The standard InChI is InChI=1S/C8H8O2.C2H6O/c1-6-2-4-7(5-3-6)8(9)10;1-3-2/h2-5H,1H3,(H,9,10);1-2H3. The molecule has 0 unspecified atom stereocenters. The van der Waals surface area contributed by atoms with E-state index in [1.165, 1.54) is 0 Å². The normalized spacial score (nSPS) is 8.54. The Labute approximate surface area is 78.0 Å². The van der Waals surface area contributed by atoms with Crippen LogP contribution in [-0.2, 0) is 4.74 Å². The Hall–Kier alpha value is -1.35. The van der Waals surface area contributed by atoms with Gasteiger partial charge < -0.3 is 9.84 Å². The lowest BCUT2D eigenvalue weighted by Crippen LogP contribution is -1.94. The van der Waals surface area contributed by atoms with Crippen molar-refractivity contribution in [3.05, 3.63) is 35.4 Å². The summed E-state index contributed by atoms with van der Waals surface area (Å²) in [7, 11) is 3.25. The molecule has 72 valence electrons. The quantitative estimate of drug-likeness (QED) is 0.722. The molecule has 0 aromatic heterocycles. The van der Waals surface area contributed by atoms with Crippen molar-refractivity contribution in [2.75, 3.05) is 14.2 Å². The maximum atomic E-state index is 10.3. The topological polar surface area (TPSA) is 46.5 Å². The number of ether oxygens (including phenoxy) is 1. The second-order valence-electron chi connectivity index (χ2n) is 2.58. The van der Waals surface area contributed by atoms with E-state index in [-0.39, 0.29) is 0 Å². The summed E-state index contributed by atoms with van der Waals surface area (Å²) in [5, 5.41) is 8.48. The van der Waals surface area contributed by atoms with E-state index in [0.717, 1.165) is 5.56 Å². The smallest absolute Gasteiger partial charge is 0.335 e. The minimum atomic E-state index is -0.875. The van der Waals surface area contributed by atoms with Gasteiger partial charge in [0.1, 0.15) is 0 Å². The van der Waals surface area contributed by atoms with Crippen molar-refractivity contribution in [1.29, 1.82) is 0 Å². The van der Waals surface area contributed by atoms with Crippen LogP contribution in [0.15, 0.2) is 24.3 Å². The van der Waals surface area contributed by atoms with Crippen molar-refractivity contribution in [3.8, 4) is 0 Å². The molecule has 3 heteroatoms.